The Morgan fingerprint density at radius 2 is 2.25 bits per heavy atom. The average Bonchev–Trinajstić information content (AvgIpc) is 2.88. The van der Waals surface area contributed by atoms with Crippen LogP contribution >= 0.6 is 0 Å². The quantitative estimate of drug-likeness (QED) is 0.269. The number of amides is 1. The van der Waals surface area contributed by atoms with Crippen molar-refractivity contribution < 1.29 is 14.7 Å². The largest absolute Gasteiger partial charge is 0.493 e. The fourth-order valence-corrected chi connectivity index (χ4v) is 2.24. The van der Waals surface area contributed by atoms with E-state index in [4.69, 9.17) is 15.7 Å². The number of carbonyl (C=O) groups excluding carboxylic acids is 1. The van der Waals surface area contributed by atoms with Crippen LogP contribution in [0.4, 0.5) is 0 Å². The molecule has 20 heavy (non-hydrogen) atoms. The molecule has 1 amide bonds. The molecule has 0 saturated carbocycles. The highest BCUT2D eigenvalue weighted by Crippen LogP contribution is 2.18. The van der Waals surface area contributed by atoms with Crippen LogP contribution in [0.5, 0.6) is 5.75 Å². The lowest BCUT2D eigenvalue weighted by Crippen LogP contribution is -2.26. The van der Waals surface area contributed by atoms with Crippen LogP contribution in [-0.4, -0.2) is 41.5 Å². The van der Waals surface area contributed by atoms with Gasteiger partial charge in [0.25, 0.3) is 0 Å². The predicted octanol–water partition coefficient (Wildman–Crippen LogP) is 1.17. The van der Waals surface area contributed by atoms with Crippen molar-refractivity contribution in [3.8, 4) is 5.75 Å². The molecule has 0 spiro atoms. The van der Waals surface area contributed by atoms with Crippen LogP contribution in [0.1, 0.15) is 24.8 Å². The second kappa shape index (κ2) is 6.79. The number of likely N-dealkylation sites (tertiary alicyclic amines) is 1. The van der Waals surface area contributed by atoms with Crippen molar-refractivity contribution in [3.05, 3.63) is 29.8 Å². The van der Waals surface area contributed by atoms with Crippen molar-refractivity contribution >= 4 is 11.7 Å². The van der Waals surface area contributed by atoms with Gasteiger partial charge in [0.1, 0.15) is 5.75 Å². The molecule has 1 aromatic rings. The molecule has 1 aliphatic rings. The van der Waals surface area contributed by atoms with Crippen molar-refractivity contribution in [1.29, 1.82) is 0 Å². The standard InChI is InChI=1S/C14H19N3O3/c15-14(16-19)11-5-1-2-6-12(11)20-10-4-9-17-8-3-7-13(17)18/h1-2,5-6,19H,3-4,7-10H2,(H2,15,16). The molecule has 2 rings (SSSR count). The summed E-state index contributed by atoms with van der Waals surface area (Å²) < 4.78 is 5.65. The summed E-state index contributed by atoms with van der Waals surface area (Å²) in [6.07, 6.45) is 2.37. The third kappa shape index (κ3) is 3.40. The summed E-state index contributed by atoms with van der Waals surface area (Å²) in [6, 6.07) is 7.12. The van der Waals surface area contributed by atoms with Gasteiger partial charge < -0.3 is 20.6 Å². The van der Waals surface area contributed by atoms with Gasteiger partial charge in [-0.2, -0.15) is 0 Å². The van der Waals surface area contributed by atoms with Gasteiger partial charge in [0, 0.05) is 19.5 Å². The van der Waals surface area contributed by atoms with Crippen molar-refractivity contribution in [2.24, 2.45) is 10.9 Å². The molecule has 1 aromatic carbocycles. The highest BCUT2D eigenvalue weighted by atomic mass is 16.5. The predicted molar refractivity (Wildman–Crippen MR) is 74.9 cm³/mol. The molecular weight excluding hydrogens is 258 g/mol. The number of nitrogens with zero attached hydrogens (tertiary/aromatic N) is 2. The van der Waals surface area contributed by atoms with Gasteiger partial charge in [0.05, 0.1) is 12.2 Å². The van der Waals surface area contributed by atoms with Crippen LogP contribution in [0.2, 0.25) is 0 Å². The summed E-state index contributed by atoms with van der Waals surface area (Å²) in [5.74, 6) is 0.827. The number of benzene rings is 1. The molecule has 3 N–H and O–H groups in total. The number of oxime groups is 1. The summed E-state index contributed by atoms with van der Waals surface area (Å²) in [7, 11) is 0. The maximum atomic E-state index is 11.4. The summed E-state index contributed by atoms with van der Waals surface area (Å²) in [5.41, 5.74) is 6.15. The van der Waals surface area contributed by atoms with Crippen molar-refractivity contribution in [1.82, 2.24) is 4.90 Å². The van der Waals surface area contributed by atoms with Crippen LogP contribution in [0.15, 0.2) is 29.4 Å². The monoisotopic (exact) mass is 277 g/mol. The first-order chi connectivity index (χ1) is 9.72. The molecule has 0 aliphatic carbocycles. The molecule has 6 nitrogen and oxygen atoms in total. The maximum Gasteiger partial charge on any atom is 0.222 e. The molecule has 108 valence electrons. The van der Waals surface area contributed by atoms with Crippen LogP contribution in [0.25, 0.3) is 0 Å². The van der Waals surface area contributed by atoms with E-state index in [9.17, 15) is 4.79 Å². The lowest BCUT2D eigenvalue weighted by molar-refractivity contribution is -0.127. The van der Waals surface area contributed by atoms with E-state index in [1.165, 1.54) is 0 Å². The number of para-hydroxylation sites is 1. The van der Waals surface area contributed by atoms with E-state index < -0.39 is 0 Å². The van der Waals surface area contributed by atoms with Gasteiger partial charge in [-0.1, -0.05) is 17.3 Å². The van der Waals surface area contributed by atoms with E-state index >= 15 is 0 Å². The second-order valence-corrected chi connectivity index (χ2v) is 4.67. The Labute approximate surface area is 117 Å². The Kier molecular flexibility index (Phi) is 4.81. The second-order valence-electron chi connectivity index (χ2n) is 4.67. The Morgan fingerprint density at radius 1 is 1.45 bits per heavy atom. The summed E-state index contributed by atoms with van der Waals surface area (Å²) in [6.45, 7) is 2.05. The molecule has 1 saturated heterocycles. The number of amidine groups is 1. The first-order valence-electron chi connectivity index (χ1n) is 6.70. The van der Waals surface area contributed by atoms with Gasteiger partial charge in [0.15, 0.2) is 5.84 Å². The van der Waals surface area contributed by atoms with Crippen LogP contribution in [0.3, 0.4) is 0 Å². The third-order valence-corrected chi connectivity index (χ3v) is 3.27. The molecule has 0 atom stereocenters. The van der Waals surface area contributed by atoms with E-state index in [2.05, 4.69) is 5.16 Å². The molecule has 0 aromatic heterocycles. The zero-order chi connectivity index (χ0) is 14.4. The van der Waals surface area contributed by atoms with Gasteiger partial charge in [-0.15, -0.1) is 0 Å². The van der Waals surface area contributed by atoms with Crippen LogP contribution < -0.4 is 10.5 Å². The fourth-order valence-electron chi connectivity index (χ4n) is 2.24. The number of rotatable bonds is 6. The Hall–Kier alpha value is -2.24. The topological polar surface area (TPSA) is 88.2 Å². The first-order valence-corrected chi connectivity index (χ1v) is 6.70. The molecular formula is C14H19N3O3. The average molecular weight is 277 g/mol. The number of carbonyl (C=O) groups is 1. The number of hydrogen-bond donors (Lipinski definition) is 2. The zero-order valence-corrected chi connectivity index (χ0v) is 11.3. The third-order valence-electron chi connectivity index (χ3n) is 3.27. The summed E-state index contributed by atoms with van der Waals surface area (Å²) in [5, 5.41) is 11.7. The van der Waals surface area contributed by atoms with Crippen LogP contribution in [0, 0.1) is 0 Å². The number of hydrogen-bond acceptors (Lipinski definition) is 4. The zero-order valence-electron chi connectivity index (χ0n) is 11.3. The van der Waals surface area contributed by atoms with Gasteiger partial charge in [-0.05, 0) is 25.0 Å². The molecule has 1 fully saturated rings. The Balaban J connectivity index is 1.83. The molecule has 0 unspecified atom stereocenters. The van der Waals surface area contributed by atoms with E-state index in [-0.39, 0.29) is 11.7 Å². The summed E-state index contributed by atoms with van der Waals surface area (Å²) >= 11 is 0. The molecule has 0 radical (unpaired) electrons. The van der Waals surface area contributed by atoms with Crippen molar-refractivity contribution in [2.75, 3.05) is 19.7 Å². The Bertz CT molecular complexity index is 502. The van der Waals surface area contributed by atoms with E-state index in [1.54, 1.807) is 18.2 Å². The van der Waals surface area contributed by atoms with E-state index in [1.807, 2.05) is 11.0 Å². The normalized spacial score (nSPS) is 15.7. The minimum Gasteiger partial charge on any atom is -0.493 e. The summed E-state index contributed by atoms with van der Waals surface area (Å²) in [4.78, 5) is 13.3. The maximum absolute atomic E-state index is 11.4. The lowest BCUT2D eigenvalue weighted by atomic mass is 10.2. The van der Waals surface area contributed by atoms with Crippen molar-refractivity contribution in [3.63, 3.8) is 0 Å². The highest BCUT2D eigenvalue weighted by Gasteiger charge is 2.19. The highest BCUT2D eigenvalue weighted by molar-refractivity contribution is 5.99. The molecule has 1 aliphatic heterocycles. The van der Waals surface area contributed by atoms with E-state index in [0.717, 1.165) is 19.4 Å². The van der Waals surface area contributed by atoms with Gasteiger partial charge in [0.2, 0.25) is 5.91 Å². The van der Waals surface area contributed by atoms with Crippen molar-refractivity contribution in [2.45, 2.75) is 19.3 Å². The van der Waals surface area contributed by atoms with Gasteiger partial charge in [-0.3, -0.25) is 4.79 Å². The lowest BCUT2D eigenvalue weighted by Gasteiger charge is -2.16. The van der Waals surface area contributed by atoms with Gasteiger partial charge in [-0.25, -0.2) is 0 Å². The first kappa shape index (κ1) is 14.2. The fraction of sp³-hybridized carbons (Fsp3) is 0.429. The number of nitrogens with two attached hydrogens (primary N) is 1. The van der Waals surface area contributed by atoms with E-state index in [0.29, 0.717) is 30.9 Å². The van der Waals surface area contributed by atoms with Gasteiger partial charge >= 0.3 is 0 Å². The van der Waals surface area contributed by atoms with Crippen LogP contribution in [-0.2, 0) is 4.79 Å². The minimum atomic E-state index is 0.0234. The SMILES string of the molecule is NC(=NO)c1ccccc1OCCCN1CCCC1=O. The molecule has 0 bridgehead atoms. The Morgan fingerprint density at radius 3 is 2.95 bits per heavy atom. The molecule has 6 heteroatoms. The molecule has 1 heterocycles. The number of ether oxygens (including phenoxy) is 1. The minimum absolute atomic E-state index is 0.0234. The smallest absolute Gasteiger partial charge is 0.222 e.